The van der Waals surface area contributed by atoms with Crippen LogP contribution in [-0.4, -0.2) is 58.3 Å². The quantitative estimate of drug-likeness (QED) is 0.0312. The van der Waals surface area contributed by atoms with Gasteiger partial charge in [-0.3, -0.25) is 18.1 Å². The lowest BCUT2D eigenvalue weighted by atomic mass is 10.1. The predicted molar refractivity (Wildman–Crippen MR) is 211 cm³/mol. The van der Waals surface area contributed by atoms with E-state index in [4.69, 9.17) is 28.8 Å². The Hall–Kier alpha value is -1.92. The van der Waals surface area contributed by atoms with Crippen molar-refractivity contribution in [1.29, 1.82) is 0 Å². The average Bonchev–Trinajstić information content (AvgIpc) is 3.38. The molecule has 0 aliphatic carbocycles. The van der Waals surface area contributed by atoms with Gasteiger partial charge in [0.15, 0.2) is 6.10 Å². The molecule has 2 rings (SSSR count). The summed E-state index contributed by atoms with van der Waals surface area (Å²) in [5, 5.41) is 0. The summed E-state index contributed by atoms with van der Waals surface area (Å²) in [5.41, 5.74) is 4.56. The minimum absolute atomic E-state index is 0.0606. The van der Waals surface area contributed by atoms with Crippen LogP contribution in [0.25, 0.3) is 0 Å². The minimum atomic E-state index is -4.21. The van der Waals surface area contributed by atoms with Crippen molar-refractivity contribution in [3.8, 4) is 0 Å². The van der Waals surface area contributed by atoms with Crippen LogP contribution in [-0.2, 0) is 27.6 Å². The molecule has 1 aliphatic heterocycles. The molecule has 0 bridgehead atoms. The monoisotopic (exact) mass is 793 g/mol. The maximum Gasteiger partial charge on any atom is 0.483 e. The van der Waals surface area contributed by atoms with Gasteiger partial charge in [-0.25, -0.2) is 9.36 Å². The number of hydrogen-bond donors (Lipinski definition) is 1. The topological polar surface area (TPSA) is 146 Å². The van der Waals surface area contributed by atoms with Crippen LogP contribution in [0.5, 0.6) is 0 Å². The molecule has 1 aromatic rings. The number of carbonyl (C=O) groups excluding carboxylic acids is 1. The number of hydrogen-bond acceptors (Lipinski definition) is 9. The van der Waals surface area contributed by atoms with Crippen molar-refractivity contribution in [3.05, 3.63) is 22.7 Å². The number of nitrogens with two attached hydrogens (primary N) is 1. The van der Waals surface area contributed by atoms with Gasteiger partial charge in [-0.1, -0.05) is 156 Å². The van der Waals surface area contributed by atoms with E-state index >= 15 is 8.78 Å². The highest BCUT2D eigenvalue weighted by Crippen LogP contribution is 2.52. The number of nitrogens with zero attached hydrogens (tertiary/aromatic N) is 2. The third kappa shape index (κ3) is 19.3. The van der Waals surface area contributed by atoms with Crippen LogP contribution in [0.2, 0.25) is 0 Å². The number of halogens is 2. The van der Waals surface area contributed by atoms with Crippen molar-refractivity contribution in [3.63, 3.8) is 0 Å². The highest BCUT2D eigenvalue weighted by atomic mass is 31.2. The van der Waals surface area contributed by atoms with Crippen LogP contribution >= 0.6 is 7.82 Å². The zero-order valence-corrected chi connectivity index (χ0v) is 34.6. The second-order valence-corrected chi connectivity index (χ2v) is 16.4. The van der Waals surface area contributed by atoms with Crippen molar-refractivity contribution in [2.24, 2.45) is 0 Å². The number of alkyl halides is 2. The summed E-state index contributed by atoms with van der Waals surface area (Å²) in [6.07, 6.45) is 20.5. The molecule has 11 nitrogen and oxygen atoms in total. The normalized spacial score (nSPS) is 18.4. The third-order valence-electron chi connectivity index (χ3n) is 9.85. The van der Waals surface area contributed by atoms with E-state index in [1.54, 1.807) is 0 Å². The lowest BCUT2D eigenvalue weighted by molar-refractivity contribution is -0.139. The number of aromatic nitrogens is 2. The van der Waals surface area contributed by atoms with Crippen molar-refractivity contribution in [2.45, 2.75) is 206 Å². The molecule has 1 aliphatic rings. The van der Waals surface area contributed by atoms with Crippen LogP contribution in [0.4, 0.5) is 14.6 Å². The van der Waals surface area contributed by atoms with E-state index < -0.39 is 50.4 Å². The molecule has 3 atom stereocenters. The SMILES string of the molecule is CCCCCCCCCCOP(=O)(OCCCCCCCCCC)OC[C@H]1O[C@@H](n2ccc(N)nc2=O)C(F)(F)C1OC(=[OH+])CCCCCCCCCC. The number of rotatable bonds is 34. The fraction of sp³-hybridized carbons (Fsp3) is 0.875. The Kier molecular flexibility index (Phi) is 25.4. The number of phosphoric acid groups is 1. The maximum absolute atomic E-state index is 16.1. The van der Waals surface area contributed by atoms with Gasteiger partial charge in [0, 0.05) is 6.20 Å². The number of nitrogen functional groups attached to an aromatic ring is 1. The van der Waals surface area contributed by atoms with Crippen molar-refractivity contribution >= 4 is 19.6 Å². The Morgan fingerprint density at radius 2 is 1.22 bits per heavy atom. The summed E-state index contributed by atoms with van der Waals surface area (Å²) in [5.74, 6) is -4.53. The lowest BCUT2D eigenvalue weighted by Gasteiger charge is -2.21. The van der Waals surface area contributed by atoms with Gasteiger partial charge in [0.2, 0.25) is 6.23 Å². The van der Waals surface area contributed by atoms with Gasteiger partial charge in [-0.05, 0) is 25.3 Å². The second-order valence-electron chi connectivity index (χ2n) is 14.8. The van der Waals surface area contributed by atoms with Gasteiger partial charge in [0.1, 0.15) is 12.2 Å². The number of esters is 1. The Bertz CT molecular complexity index is 1210. The highest BCUT2D eigenvalue weighted by molar-refractivity contribution is 7.48. The summed E-state index contributed by atoms with van der Waals surface area (Å²) in [6, 6.07) is 1.21. The number of phosphoric ester groups is 1. The van der Waals surface area contributed by atoms with Crippen LogP contribution in [0, 0.1) is 0 Å². The number of ether oxygens (including phenoxy) is 2. The summed E-state index contributed by atoms with van der Waals surface area (Å²) < 4.78 is 75.1. The molecule has 1 unspecified atom stereocenters. The first-order chi connectivity index (χ1) is 26.1. The van der Waals surface area contributed by atoms with Crippen LogP contribution in [0.1, 0.15) is 188 Å². The van der Waals surface area contributed by atoms with Crippen LogP contribution in [0.15, 0.2) is 17.1 Å². The Balaban J connectivity index is 2.09. The fourth-order valence-electron chi connectivity index (χ4n) is 6.57. The maximum atomic E-state index is 16.1. The molecule has 0 spiro atoms. The van der Waals surface area contributed by atoms with E-state index in [1.165, 1.54) is 76.7 Å². The van der Waals surface area contributed by atoms with E-state index in [1.807, 2.05) is 0 Å². The smallest absolute Gasteiger partial charge is 0.383 e. The molecule has 2 heterocycles. The molecule has 0 aromatic carbocycles. The Morgan fingerprint density at radius 3 is 1.69 bits per heavy atom. The molecule has 0 amide bonds. The molecular weight excluding hydrogens is 719 g/mol. The van der Waals surface area contributed by atoms with Gasteiger partial charge in [0.05, 0.1) is 19.8 Å². The predicted octanol–water partition coefficient (Wildman–Crippen LogP) is 11.2. The molecule has 314 valence electrons. The summed E-state index contributed by atoms with van der Waals surface area (Å²) in [7, 11) is -4.21. The summed E-state index contributed by atoms with van der Waals surface area (Å²) in [4.78, 5) is 26.9. The zero-order valence-electron chi connectivity index (χ0n) is 33.7. The molecular formula is C40H73F2N3O8P+. The molecule has 3 N–H and O–H groups in total. The molecule has 0 radical (unpaired) electrons. The zero-order chi connectivity index (χ0) is 39.5. The standard InChI is InChI=1S/C40H72F2N3O8P/c1-4-7-10-13-16-19-22-25-28-36(46)53-37-34(52-38(40(37,41)42)45-30-29-35(43)44-39(45)47)33-51-54(48,49-31-26-23-20-17-14-11-8-5-2)50-32-27-24-21-18-15-12-9-6-3/h29-30,34,37-38H,4-28,31-33H2,1-3H3,(H2,43,44,47)/p+1/t34-,37?,38-/m1/s1. The number of anilines is 1. The van der Waals surface area contributed by atoms with E-state index in [-0.39, 0.29) is 25.5 Å². The van der Waals surface area contributed by atoms with Gasteiger partial charge in [0.25, 0.3) is 6.10 Å². The lowest BCUT2D eigenvalue weighted by Crippen LogP contribution is -2.44. The second kappa shape index (κ2) is 28.5. The van der Waals surface area contributed by atoms with E-state index in [0.29, 0.717) is 23.8 Å². The first-order valence-electron chi connectivity index (χ1n) is 21.2. The van der Waals surface area contributed by atoms with E-state index in [0.717, 1.165) is 70.4 Å². The van der Waals surface area contributed by atoms with Crippen LogP contribution < -0.4 is 11.4 Å². The largest absolute Gasteiger partial charge is 0.483 e. The molecule has 1 fully saturated rings. The molecule has 1 saturated heterocycles. The first-order valence-corrected chi connectivity index (χ1v) is 22.7. The van der Waals surface area contributed by atoms with Crippen molar-refractivity contribution < 1.29 is 41.2 Å². The van der Waals surface area contributed by atoms with Crippen LogP contribution in [0.3, 0.4) is 0 Å². The van der Waals surface area contributed by atoms with Crippen molar-refractivity contribution in [1.82, 2.24) is 9.55 Å². The third-order valence-corrected chi connectivity index (χ3v) is 11.3. The molecule has 54 heavy (non-hydrogen) atoms. The molecule has 14 heteroatoms. The summed E-state index contributed by atoms with van der Waals surface area (Å²) in [6.45, 7) is 6.11. The van der Waals surface area contributed by atoms with Crippen molar-refractivity contribution in [2.75, 3.05) is 25.6 Å². The van der Waals surface area contributed by atoms with Gasteiger partial charge in [-0.2, -0.15) is 13.8 Å². The van der Waals surface area contributed by atoms with Gasteiger partial charge < -0.3 is 20.0 Å². The number of unbranched alkanes of at least 4 members (excludes halogenated alkanes) is 21. The Labute approximate surface area is 323 Å². The molecule has 0 saturated carbocycles. The average molecular weight is 793 g/mol. The Morgan fingerprint density at radius 1 is 0.778 bits per heavy atom. The summed E-state index contributed by atoms with van der Waals surface area (Å²) >= 11 is 0. The van der Waals surface area contributed by atoms with E-state index in [2.05, 4.69) is 25.8 Å². The van der Waals surface area contributed by atoms with E-state index in [9.17, 15) is 14.2 Å². The first kappa shape index (κ1) is 48.2. The minimum Gasteiger partial charge on any atom is -0.383 e. The fourth-order valence-corrected chi connectivity index (χ4v) is 7.83. The highest BCUT2D eigenvalue weighted by Gasteiger charge is 2.66. The van der Waals surface area contributed by atoms with Gasteiger partial charge in [-0.15, -0.1) is 0 Å². The molecule has 1 aromatic heterocycles. The van der Waals surface area contributed by atoms with Gasteiger partial charge >= 0.3 is 25.4 Å².